The number of benzene rings is 2. The minimum absolute atomic E-state index is 0.152. The maximum Gasteiger partial charge on any atom is 0.129 e. The third kappa shape index (κ3) is 3.39. The first-order chi connectivity index (χ1) is 8.97. The average Bonchev–Trinajstić information content (AvgIpc) is 2.36. The van der Waals surface area contributed by atoms with Crippen molar-refractivity contribution in [3.05, 3.63) is 69.2 Å². The van der Waals surface area contributed by atoms with Gasteiger partial charge in [-0.05, 0) is 36.8 Å². The highest BCUT2D eigenvalue weighted by molar-refractivity contribution is 9.10. The number of halogens is 3. The molecule has 4 heteroatoms. The summed E-state index contributed by atoms with van der Waals surface area (Å²) in [5.41, 5.74) is 1.71. The van der Waals surface area contributed by atoms with Crippen LogP contribution < -0.4 is 0 Å². The number of rotatable bonds is 3. The zero-order valence-corrected chi connectivity index (χ0v) is 11.9. The standard InChI is InChI=1S/C15H13BrF2O/c1-9-2-5-14(18)12(6-9)15(19)8-10-7-11(17)3-4-13(10)16/h2-7,15,19H,8H2,1H3. The summed E-state index contributed by atoms with van der Waals surface area (Å²) in [5.74, 6) is -0.833. The molecule has 2 aromatic rings. The molecule has 1 nitrogen and oxygen atoms in total. The van der Waals surface area contributed by atoms with Crippen LogP contribution in [0.25, 0.3) is 0 Å². The van der Waals surface area contributed by atoms with E-state index in [0.29, 0.717) is 10.0 Å². The second-order valence-electron chi connectivity index (χ2n) is 4.48. The van der Waals surface area contributed by atoms with Crippen molar-refractivity contribution >= 4 is 15.9 Å². The van der Waals surface area contributed by atoms with E-state index >= 15 is 0 Å². The second kappa shape index (κ2) is 5.80. The Morgan fingerprint density at radius 2 is 1.89 bits per heavy atom. The highest BCUT2D eigenvalue weighted by Gasteiger charge is 2.15. The maximum atomic E-state index is 13.7. The third-order valence-corrected chi connectivity index (χ3v) is 3.71. The minimum Gasteiger partial charge on any atom is -0.388 e. The molecule has 0 spiro atoms. The number of hydrogen-bond donors (Lipinski definition) is 1. The number of hydrogen-bond acceptors (Lipinski definition) is 1. The van der Waals surface area contributed by atoms with E-state index in [1.54, 1.807) is 18.2 Å². The van der Waals surface area contributed by atoms with Crippen LogP contribution in [0.15, 0.2) is 40.9 Å². The zero-order valence-electron chi connectivity index (χ0n) is 10.3. The molecule has 0 saturated heterocycles. The van der Waals surface area contributed by atoms with Gasteiger partial charge in [0, 0.05) is 16.5 Å². The largest absolute Gasteiger partial charge is 0.388 e. The van der Waals surface area contributed by atoms with Crippen molar-refractivity contribution in [3.8, 4) is 0 Å². The first-order valence-electron chi connectivity index (χ1n) is 5.85. The Morgan fingerprint density at radius 3 is 2.63 bits per heavy atom. The molecule has 100 valence electrons. The minimum atomic E-state index is -1.00. The summed E-state index contributed by atoms with van der Waals surface area (Å²) in [6, 6.07) is 8.81. The van der Waals surface area contributed by atoms with Gasteiger partial charge in [-0.25, -0.2) is 8.78 Å². The molecule has 0 fully saturated rings. The van der Waals surface area contributed by atoms with Gasteiger partial charge in [-0.2, -0.15) is 0 Å². The second-order valence-corrected chi connectivity index (χ2v) is 5.33. The normalized spacial score (nSPS) is 12.5. The Morgan fingerprint density at radius 1 is 1.16 bits per heavy atom. The van der Waals surface area contributed by atoms with Crippen LogP contribution in [0.3, 0.4) is 0 Å². The third-order valence-electron chi connectivity index (χ3n) is 2.93. The molecule has 0 radical (unpaired) electrons. The summed E-state index contributed by atoms with van der Waals surface area (Å²) in [6.07, 6.45) is -0.850. The molecule has 0 aliphatic rings. The van der Waals surface area contributed by atoms with Gasteiger partial charge < -0.3 is 5.11 Å². The number of aliphatic hydroxyl groups is 1. The van der Waals surface area contributed by atoms with Gasteiger partial charge in [0.15, 0.2) is 0 Å². The fraction of sp³-hybridized carbons (Fsp3) is 0.200. The van der Waals surface area contributed by atoms with Crippen LogP contribution in [0.2, 0.25) is 0 Å². The molecule has 0 heterocycles. The summed E-state index contributed by atoms with van der Waals surface area (Å²) in [7, 11) is 0. The quantitative estimate of drug-likeness (QED) is 0.891. The lowest BCUT2D eigenvalue weighted by Crippen LogP contribution is -2.05. The predicted molar refractivity (Wildman–Crippen MR) is 73.9 cm³/mol. The summed E-state index contributed by atoms with van der Waals surface area (Å²) < 4.78 is 27.5. The SMILES string of the molecule is Cc1ccc(F)c(C(O)Cc2cc(F)ccc2Br)c1. The summed E-state index contributed by atoms with van der Waals surface area (Å²) in [5, 5.41) is 10.1. The molecule has 0 aliphatic heterocycles. The van der Waals surface area contributed by atoms with E-state index in [1.165, 1.54) is 18.2 Å². The van der Waals surface area contributed by atoms with Crippen molar-refractivity contribution in [1.82, 2.24) is 0 Å². The van der Waals surface area contributed by atoms with E-state index in [2.05, 4.69) is 15.9 Å². The van der Waals surface area contributed by atoms with Gasteiger partial charge in [-0.3, -0.25) is 0 Å². The molecule has 0 saturated carbocycles. The highest BCUT2D eigenvalue weighted by atomic mass is 79.9. The van der Waals surface area contributed by atoms with E-state index in [1.807, 2.05) is 6.92 Å². The Kier molecular flexibility index (Phi) is 4.32. The van der Waals surface area contributed by atoms with Crippen LogP contribution in [0.4, 0.5) is 8.78 Å². The molecule has 1 unspecified atom stereocenters. The van der Waals surface area contributed by atoms with Crippen LogP contribution >= 0.6 is 15.9 Å². The van der Waals surface area contributed by atoms with E-state index in [9.17, 15) is 13.9 Å². The number of aryl methyl sites for hydroxylation is 1. The monoisotopic (exact) mass is 326 g/mol. The molecule has 1 atom stereocenters. The summed E-state index contributed by atoms with van der Waals surface area (Å²) >= 11 is 3.29. The van der Waals surface area contributed by atoms with E-state index in [0.717, 1.165) is 5.56 Å². The van der Waals surface area contributed by atoms with Crippen molar-refractivity contribution in [1.29, 1.82) is 0 Å². The van der Waals surface area contributed by atoms with Crippen LogP contribution in [-0.4, -0.2) is 5.11 Å². The molecular formula is C15H13BrF2O. The summed E-state index contributed by atoms with van der Waals surface area (Å²) in [6.45, 7) is 1.83. The molecule has 0 aliphatic carbocycles. The van der Waals surface area contributed by atoms with Crippen LogP contribution in [0.1, 0.15) is 22.8 Å². The first-order valence-corrected chi connectivity index (χ1v) is 6.64. The molecule has 19 heavy (non-hydrogen) atoms. The Balaban J connectivity index is 2.27. The highest BCUT2D eigenvalue weighted by Crippen LogP contribution is 2.26. The number of aliphatic hydroxyl groups excluding tert-OH is 1. The van der Waals surface area contributed by atoms with E-state index in [-0.39, 0.29) is 17.8 Å². The topological polar surface area (TPSA) is 20.2 Å². The fourth-order valence-electron chi connectivity index (χ4n) is 1.94. The molecule has 2 aromatic carbocycles. The van der Waals surface area contributed by atoms with Crippen molar-refractivity contribution in [2.24, 2.45) is 0 Å². The van der Waals surface area contributed by atoms with Gasteiger partial charge in [0.2, 0.25) is 0 Å². The summed E-state index contributed by atoms with van der Waals surface area (Å²) in [4.78, 5) is 0. The first kappa shape index (κ1) is 14.2. The average molecular weight is 327 g/mol. The molecular weight excluding hydrogens is 314 g/mol. The van der Waals surface area contributed by atoms with Gasteiger partial charge in [-0.1, -0.05) is 33.6 Å². The van der Waals surface area contributed by atoms with Gasteiger partial charge >= 0.3 is 0 Å². The molecule has 1 N–H and O–H groups in total. The van der Waals surface area contributed by atoms with Gasteiger partial charge in [0.1, 0.15) is 11.6 Å². The molecule has 0 aromatic heterocycles. The van der Waals surface area contributed by atoms with Crippen LogP contribution in [0, 0.1) is 18.6 Å². The Bertz CT molecular complexity index is 599. The Hall–Kier alpha value is -1.26. The van der Waals surface area contributed by atoms with E-state index < -0.39 is 11.9 Å². The zero-order chi connectivity index (χ0) is 14.0. The smallest absolute Gasteiger partial charge is 0.129 e. The molecule has 2 rings (SSSR count). The fourth-order valence-corrected chi connectivity index (χ4v) is 2.35. The van der Waals surface area contributed by atoms with Crippen molar-refractivity contribution < 1.29 is 13.9 Å². The van der Waals surface area contributed by atoms with Crippen molar-refractivity contribution in [2.45, 2.75) is 19.4 Å². The predicted octanol–water partition coefficient (Wildman–Crippen LogP) is 4.31. The molecule has 0 bridgehead atoms. The lowest BCUT2D eigenvalue weighted by atomic mass is 9.99. The van der Waals surface area contributed by atoms with E-state index in [4.69, 9.17) is 0 Å². The lowest BCUT2D eigenvalue weighted by molar-refractivity contribution is 0.173. The van der Waals surface area contributed by atoms with Crippen molar-refractivity contribution in [3.63, 3.8) is 0 Å². The van der Waals surface area contributed by atoms with Gasteiger partial charge in [0.25, 0.3) is 0 Å². The van der Waals surface area contributed by atoms with Gasteiger partial charge in [0.05, 0.1) is 6.10 Å². The van der Waals surface area contributed by atoms with Crippen molar-refractivity contribution in [2.75, 3.05) is 0 Å². The molecule has 0 amide bonds. The maximum absolute atomic E-state index is 13.7. The van der Waals surface area contributed by atoms with Gasteiger partial charge in [-0.15, -0.1) is 0 Å². The van der Waals surface area contributed by atoms with Crippen LogP contribution in [-0.2, 0) is 6.42 Å². The Labute approximate surface area is 119 Å². The lowest BCUT2D eigenvalue weighted by Gasteiger charge is -2.14. The van der Waals surface area contributed by atoms with Crippen LogP contribution in [0.5, 0.6) is 0 Å².